The number of likely N-dealkylation sites (tertiary alicyclic amines) is 1. The summed E-state index contributed by atoms with van der Waals surface area (Å²) in [5.74, 6) is 5.31. The van der Waals surface area contributed by atoms with Crippen LogP contribution in [0.4, 0.5) is 4.79 Å². The van der Waals surface area contributed by atoms with Crippen molar-refractivity contribution < 1.29 is 14.4 Å². The third-order valence-corrected chi connectivity index (χ3v) is 7.08. The minimum atomic E-state index is -0.958. The van der Waals surface area contributed by atoms with E-state index in [1.165, 1.54) is 10.5 Å². The molecule has 1 unspecified atom stereocenters. The number of aromatic nitrogens is 1. The number of benzene rings is 1. The zero-order chi connectivity index (χ0) is 25.4. The number of nitrogens with zero attached hydrogens (tertiary/aromatic N) is 3. The fourth-order valence-electron chi connectivity index (χ4n) is 5.14. The Hall–Kier alpha value is -3.92. The first-order valence-corrected chi connectivity index (χ1v) is 12.5. The van der Waals surface area contributed by atoms with E-state index in [4.69, 9.17) is 0 Å². The van der Waals surface area contributed by atoms with Gasteiger partial charge in [0.2, 0.25) is 5.91 Å². The van der Waals surface area contributed by atoms with Crippen LogP contribution in [-0.4, -0.2) is 57.8 Å². The summed E-state index contributed by atoms with van der Waals surface area (Å²) in [5, 5.41) is 3.07. The number of nitrogens with one attached hydrogen (secondary N) is 1. The summed E-state index contributed by atoms with van der Waals surface area (Å²) < 4.78 is 0. The zero-order valence-electron chi connectivity index (χ0n) is 20.7. The van der Waals surface area contributed by atoms with Gasteiger partial charge in [0.05, 0.1) is 12.2 Å². The van der Waals surface area contributed by atoms with Crippen molar-refractivity contribution in [1.82, 2.24) is 20.1 Å². The number of piperidine rings is 1. The molecule has 2 aliphatic rings. The molecule has 2 fully saturated rings. The molecule has 2 aliphatic heterocycles. The summed E-state index contributed by atoms with van der Waals surface area (Å²) in [6.45, 7) is 2.86. The van der Waals surface area contributed by atoms with Crippen molar-refractivity contribution in [2.75, 3.05) is 19.6 Å². The van der Waals surface area contributed by atoms with E-state index >= 15 is 0 Å². The minimum Gasteiger partial charge on any atom is -0.339 e. The summed E-state index contributed by atoms with van der Waals surface area (Å²) >= 11 is 0. The topological polar surface area (TPSA) is 82.6 Å². The molecule has 1 aromatic heterocycles. The van der Waals surface area contributed by atoms with Crippen molar-refractivity contribution in [2.45, 2.75) is 44.6 Å². The van der Waals surface area contributed by atoms with E-state index in [-0.39, 0.29) is 30.3 Å². The maximum atomic E-state index is 13.6. The van der Waals surface area contributed by atoms with Gasteiger partial charge in [-0.3, -0.25) is 19.5 Å². The van der Waals surface area contributed by atoms with E-state index in [0.717, 1.165) is 18.5 Å². The van der Waals surface area contributed by atoms with Gasteiger partial charge in [-0.2, -0.15) is 0 Å². The van der Waals surface area contributed by atoms with Crippen LogP contribution in [0.25, 0.3) is 6.08 Å². The first-order chi connectivity index (χ1) is 17.5. The highest BCUT2D eigenvalue weighted by Crippen LogP contribution is 2.37. The molecule has 0 saturated carbocycles. The molecule has 0 spiro atoms. The number of hydrogen-bond acceptors (Lipinski definition) is 4. The maximum Gasteiger partial charge on any atom is 0.325 e. The third kappa shape index (κ3) is 5.65. The predicted molar refractivity (Wildman–Crippen MR) is 138 cm³/mol. The smallest absolute Gasteiger partial charge is 0.325 e. The summed E-state index contributed by atoms with van der Waals surface area (Å²) in [5.41, 5.74) is 0.978. The Bertz CT molecular complexity index is 1160. The lowest BCUT2D eigenvalue weighted by molar-refractivity contribution is -0.134. The van der Waals surface area contributed by atoms with Crippen molar-refractivity contribution in [3.8, 4) is 11.8 Å². The monoisotopic (exact) mass is 484 g/mol. The van der Waals surface area contributed by atoms with Gasteiger partial charge in [-0.1, -0.05) is 42.3 Å². The van der Waals surface area contributed by atoms with Gasteiger partial charge >= 0.3 is 6.03 Å². The van der Waals surface area contributed by atoms with Gasteiger partial charge in [0.25, 0.3) is 5.91 Å². The molecule has 1 aromatic carbocycles. The molecule has 7 nitrogen and oxygen atoms in total. The molecule has 1 atom stereocenters. The summed E-state index contributed by atoms with van der Waals surface area (Å²) in [6.07, 6.45) is 8.40. The van der Waals surface area contributed by atoms with Gasteiger partial charge in [-0.25, -0.2) is 4.79 Å². The van der Waals surface area contributed by atoms with Gasteiger partial charge in [0.15, 0.2) is 0 Å². The SMILES string of the molecule is CC#CCN1C(=O)NC(CCCc2ccccc2)(C2CCN(C(=O)C=Cc3ccccn3)CC2)C1=O. The Morgan fingerprint density at radius 2 is 1.89 bits per heavy atom. The van der Waals surface area contributed by atoms with Crippen LogP contribution in [-0.2, 0) is 16.0 Å². The molecule has 1 N–H and O–H groups in total. The fourth-order valence-corrected chi connectivity index (χ4v) is 5.14. The molecule has 4 amide bonds. The van der Waals surface area contributed by atoms with E-state index in [1.54, 1.807) is 30.2 Å². The number of amides is 4. The van der Waals surface area contributed by atoms with Gasteiger partial charge < -0.3 is 10.2 Å². The summed E-state index contributed by atoms with van der Waals surface area (Å²) in [7, 11) is 0. The lowest BCUT2D eigenvalue weighted by Crippen LogP contribution is -2.56. The van der Waals surface area contributed by atoms with Gasteiger partial charge in [0.1, 0.15) is 5.54 Å². The average molecular weight is 485 g/mol. The highest BCUT2D eigenvalue weighted by molar-refractivity contribution is 6.07. The van der Waals surface area contributed by atoms with Crippen LogP contribution >= 0.6 is 0 Å². The lowest BCUT2D eigenvalue weighted by atomic mass is 9.74. The molecule has 2 saturated heterocycles. The number of carbonyl (C=O) groups excluding carboxylic acids is 3. The largest absolute Gasteiger partial charge is 0.339 e. The standard InChI is InChI=1S/C29H32N4O3/c1-2-3-20-33-27(35)29(31-28(33)36,18-9-12-23-10-5-4-6-11-23)24-16-21-32(22-17-24)26(34)15-14-25-13-7-8-19-30-25/h4-8,10-11,13-15,19,24H,9,12,16-18,20-22H2,1H3,(H,31,36). The van der Waals surface area contributed by atoms with Crippen molar-refractivity contribution in [2.24, 2.45) is 5.92 Å². The number of imide groups is 1. The molecule has 186 valence electrons. The number of carbonyl (C=O) groups is 3. The average Bonchev–Trinajstić information content (AvgIpc) is 3.16. The van der Waals surface area contributed by atoms with Crippen molar-refractivity contribution in [3.63, 3.8) is 0 Å². The Kier molecular flexibility index (Phi) is 8.17. The third-order valence-electron chi connectivity index (χ3n) is 7.08. The second kappa shape index (κ2) is 11.7. The van der Waals surface area contributed by atoms with Crippen LogP contribution in [0.3, 0.4) is 0 Å². The lowest BCUT2D eigenvalue weighted by Gasteiger charge is -2.40. The first-order valence-electron chi connectivity index (χ1n) is 12.5. The van der Waals surface area contributed by atoms with Gasteiger partial charge in [-0.05, 0) is 68.7 Å². The van der Waals surface area contributed by atoms with Crippen LogP contribution in [0.5, 0.6) is 0 Å². The second-order valence-electron chi connectivity index (χ2n) is 9.25. The van der Waals surface area contributed by atoms with E-state index in [0.29, 0.717) is 32.4 Å². The molecule has 0 radical (unpaired) electrons. The second-order valence-corrected chi connectivity index (χ2v) is 9.25. The molecule has 36 heavy (non-hydrogen) atoms. The molecule has 0 bridgehead atoms. The number of pyridine rings is 1. The normalized spacial score (nSPS) is 20.4. The molecule has 2 aromatic rings. The molecule has 4 rings (SSSR count). The maximum absolute atomic E-state index is 13.6. The molecule has 7 heteroatoms. The number of aryl methyl sites for hydroxylation is 1. The van der Waals surface area contributed by atoms with E-state index in [1.807, 2.05) is 36.4 Å². The predicted octanol–water partition coefficient (Wildman–Crippen LogP) is 3.67. The fraction of sp³-hybridized carbons (Fsp3) is 0.379. The van der Waals surface area contributed by atoms with Crippen molar-refractivity contribution in [1.29, 1.82) is 0 Å². The number of urea groups is 1. The van der Waals surface area contributed by atoms with Crippen LogP contribution in [0, 0.1) is 17.8 Å². The van der Waals surface area contributed by atoms with Crippen LogP contribution < -0.4 is 5.32 Å². The van der Waals surface area contributed by atoms with E-state index in [9.17, 15) is 14.4 Å². The Labute approximate surface area is 212 Å². The highest BCUT2D eigenvalue weighted by atomic mass is 16.2. The van der Waals surface area contributed by atoms with Gasteiger partial charge in [-0.15, -0.1) is 5.92 Å². The number of rotatable bonds is 8. The van der Waals surface area contributed by atoms with E-state index < -0.39 is 5.54 Å². The van der Waals surface area contributed by atoms with E-state index in [2.05, 4.69) is 34.3 Å². The first kappa shape index (κ1) is 25.2. The van der Waals surface area contributed by atoms with Crippen LogP contribution in [0.1, 0.15) is 43.9 Å². The van der Waals surface area contributed by atoms with Crippen LogP contribution in [0.15, 0.2) is 60.8 Å². The quantitative estimate of drug-likeness (QED) is 0.352. The zero-order valence-corrected chi connectivity index (χ0v) is 20.7. The highest BCUT2D eigenvalue weighted by Gasteiger charge is 2.55. The Balaban J connectivity index is 1.44. The van der Waals surface area contributed by atoms with Crippen LogP contribution in [0.2, 0.25) is 0 Å². The van der Waals surface area contributed by atoms with Crippen molar-refractivity contribution >= 4 is 23.9 Å². The number of hydrogen-bond donors (Lipinski definition) is 1. The minimum absolute atomic E-state index is 0.0480. The molecule has 0 aliphatic carbocycles. The van der Waals surface area contributed by atoms with Gasteiger partial charge in [0, 0.05) is 25.4 Å². The summed E-state index contributed by atoms with van der Waals surface area (Å²) in [4.78, 5) is 46.5. The Morgan fingerprint density at radius 1 is 1.14 bits per heavy atom. The van der Waals surface area contributed by atoms with Crippen molar-refractivity contribution in [3.05, 3.63) is 72.1 Å². The summed E-state index contributed by atoms with van der Waals surface area (Å²) in [6, 6.07) is 15.3. The molecular weight excluding hydrogens is 452 g/mol. The Morgan fingerprint density at radius 3 is 2.58 bits per heavy atom. The molecule has 3 heterocycles. The molecular formula is C29H32N4O3.